The molecule has 29 heavy (non-hydrogen) atoms. The molecule has 0 bridgehead atoms. The van der Waals surface area contributed by atoms with Gasteiger partial charge in [0.05, 0.1) is 25.0 Å². The van der Waals surface area contributed by atoms with E-state index < -0.39 is 29.5 Å². The number of imidazole rings is 1. The molecular weight excluding hydrogens is 382 g/mol. The topological polar surface area (TPSA) is 62.6 Å². The zero-order chi connectivity index (χ0) is 20.3. The van der Waals surface area contributed by atoms with Crippen molar-refractivity contribution < 1.29 is 27.8 Å². The molecule has 150 valence electrons. The number of esters is 1. The highest BCUT2D eigenvalue weighted by Gasteiger charge is 2.46. The first-order valence-corrected chi connectivity index (χ1v) is 9.01. The predicted octanol–water partition coefficient (Wildman–Crippen LogP) is 3.29. The van der Waals surface area contributed by atoms with Crippen molar-refractivity contribution in [1.82, 2.24) is 9.55 Å². The van der Waals surface area contributed by atoms with Crippen LogP contribution in [0.25, 0.3) is 0 Å². The lowest BCUT2D eigenvalue weighted by atomic mass is 10.0. The van der Waals surface area contributed by atoms with Crippen LogP contribution >= 0.6 is 0 Å². The van der Waals surface area contributed by atoms with Crippen molar-refractivity contribution in [2.75, 3.05) is 13.2 Å². The standard InChI is InChI=1S/C21H18F2N2O4/c22-16-6-7-18(19(23)10-16)21(13-25-9-8-24-14-25)28-12-17(29-21)11-27-20(26)15-4-2-1-3-5-15/h1-10,14,17H,11-13H2/t17-,21+/m1/s1. The Balaban J connectivity index is 1.51. The monoisotopic (exact) mass is 400 g/mol. The summed E-state index contributed by atoms with van der Waals surface area (Å²) >= 11 is 0. The van der Waals surface area contributed by atoms with Crippen LogP contribution in [0.1, 0.15) is 15.9 Å². The van der Waals surface area contributed by atoms with E-state index in [4.69, 9.17) is 14.2 Å². The molecule has 0 amide bonds. The third-order valence-corrected chi connectivity index (χ3v) is 4.56. The highest BCUT2D eigenvalue weighted by Crippen LogP contribution is 2.37. The molecular formula is C21H18F2N2O4. The largest absolute Gasteiger partial charge is 0.459 e. The van der Waals surface area contributed by atoms with Crippen molar-refractivity contribution >= 4 is 5.97 Å². The summed E-state index contributed by atoms with van der Waals surface area (Å²) in [6.07, 6.45) is 4.18. The number of ether oxygens (including phenoxy) is 3. The van der Waals surface area contributed by atoms with Crippen LogP contribution in [-0.4, -0.2) is 34.8 Å². The lowest BCUT2D eigenvalue weighted by Crippen LogP contribution is -2.35. The van der Waals surface area contributed by atoms with Crippen LogP contribution in [0.4, 0.5) is 8.78 Å². The van der Waals surface area contributed by atoms with Crippen LogP contribution in [0, 0.1) is 11.6 Å². The van der Waals surface area contributed by atoms with Gasteiger partial charge in [0.1, 0.15) is 24.3 Å². The Morgan fingerprint density at radius 2 is 2.07 bits per heavy atom. The highest BCUT2D eigenvalue weighted by molar-refractivity contribution is 5.89. The molecule has 0 spiro atoms. The lowest BCUT2D eigenvalue weighted by molar-refractivity contribution is -0.191. The molecule has 2 heterocycles. The van der Waals surface area contributed by atoms with Gasteiger partial charge in [-0.2, -0.15) is 0 Å². The van der Waals surface area contributed by atoms with Gasteiger partial charge in [-0.3, -0.25) is 0 Å². The average Bonchev–Trinajstić information content (AvgIpc) is 3.37. The minimum atomic E-state index is -1.50. The number of carbonyl (C=O) groups excluding carboxylic acids is 1. The molecule has 1 aliphatic rings. The Labute approximate surface area is 165 Å². The van der Waals surface area contributed by atoms with Gasteiger partial charge in [-0.05, 0) is 24.3 Å². The normalized spacial score (nSPS) is 21.2. The van der Waals surface area contributed by atoms with Crippen LogP contribution in [0.5, 0.6) is 0 Å². The van der Waals surface area contributed by atoms with E-state index in [0.29, 0.717) is 5.56 Å². The summed E-state index contributed by atoms with van der Waals surface area (Å²) < 4.78 is 46.7. The average molecular weight is 400 g/mol. The number of hydrogen-bond donors (Lipinski definition) is 0. The Hall–Kier alpha value is -3.10. The number of rotatable bonds is 6. The summed E-state index contributed by atoms with van der Waals surface area (Å²) in [5, 5.41) is 0. The van der Waals surface area contributed by atoms with E-state index in [1.807, 2.05) is 0 Å². The summed E-state index contributed by atoms with van der Waals surface area (Å²) in [5.41, 5.74) is 0.477. The lowest BCUT2D eigenvalue weighted by Gasteiger charge is -2.29. The van der Waals surface area contributed by atoms with Crippen LogP contribution in [-0.2, 0) is 26.5 Å². The molecule has 0 aliphatic carbocycles. The number of aromatic nitrogens is 2. The summed E-state index contributed by atoms with van der Waals surface area (Å²) in [6.45, 7) is 0.106. The zero-order valence-electron chi connectivity index (χ0n) is 15.3. The second-order valence-electron chi connectivity index (χ2n) is 6.63. The third-order valence-electron chi connectivity index (χ3n) is 4.56. The van der Waals surface area contributed by atoms with E-state index in [9.17, 15) is 13.6 Å². The fraction of sp³-hybridized carbons (Fsp3) is 0.238. The molecule has 4 rings (SSSR count). The molecule has 2 atom stereocenters. The van der Waals surface area contributed by atoms with Gasteiger partial charge < -0.3 is 18.8 Å². The molecule has 3 aromatic rings. The molecule has 0 N–H and O–H groups in total. The molecule has 6 nitrogen and oxygen atoms in total. The van der Waals surface area contributed by atoms with Crippen LogP contribution in [0.15, 0.2) is 67.3 Å². The second kappa shape index (κ2) is 8.10. The third kappa shape index (κ3) is 4.18. The van der Waals surface area contributed by atoms with Crippen molar-refractivity contribution in [3.8, 4) is 0 Å². The highest BCUT2D eigenvalue weighted by atomic mass is 19.1. The van der Waals surface area contributed by atoms with Gasteiger partial charge in [0, 0.05) is 24.0 Å². The van der Waals surface area contributed by atoms with Gasteiger partial charge in [-0.1, -0.05) is 18.2 Å². The van der Waals surface area contributed by atoms with E-state index in [-0.39, 0.29) is 25.3 Å². The van der Waals surface area contributed by atoms with Gasteiger partial charge >= 0.3 is 5.97 Å². The quantitative estimate of drug-likeness (QED) is 0.595. The number of nitrogens with zero attached hydrogens (tertiary/aromatic N) is 2. The van der Waals surface area contributed by atoms with Crippen molar-refractivity contribution in [2.45, 2.75) is 18.4 Å². The fourth-order valence-electron chi connectivity index (χ4n) is 3.20. The summed E-state index contributed by atoms with van der Waals surface area (Å²) in [5.74, 6) is -3.47. The molecule has 1 aromatic heterocycles. The van der Waals surface area contributed by atoms with Gasteiger partial charge in [-0.25, -0.2) is 18.6 Å². The SMILES string of the molecule is O=C(OC[C@@H]1CO[C@](Cn2ccnc2)(c2ccc(F)cc2F)O1)c1ccccc1. The minimum Gasteiger partial charge on any atom is -0.459 e. The Kier molecular flexibility index (Phi) is 5.37. The Morgan fingerprint density at radius 1 is 1.24 bits per heavy atom. The molecule has 1 saturated heterocycles. The summed E-state index contributed by atoms with van der Waals surface area (Å²) in [4.78, 5) is 16.1. The number of carbonyl (C=O) groups is 1. The van der Waals surface area contributed by atoms with Crippen LogP contribution in [0.2, 0.25) is 0 Å². The Morgan fingerprint density at radius 3 is 2.79 bits per heavy atom. The van der Waals surface area contributed by atoms with Gasteiger partial charge in [0.15, 0.2) is 0 Å². The molecule has 0 unspecified atom stereocenters. The van der Waals surface area contributed by atoms with E-state index in [0.717, 1.165) is 12.1 Å². The Bertz CT molecular complexity index is 982. The first kappa shape index (κ1) is 19.2. The first-order valence-electron chi connectivity index (χ1n) is 9.01. The van der Waals surface area contributed by atoms with Crippen LogP contribution in [0.3, 0.4) is 0 Å². The number of hydrogen-bond acceptors (Lipinski definition) is 5. The molecule has 1 fully saturated rings. The summed E-state index contributed by atoms with van der Waals surface area (Å²) in [7, 11) is 0. The smallest absolute Gasteiger partial charge is 0.338 e. The maximum atomic E-state index is 14.5. The maximum absolute atomic E-state index is 14.5. The summed E-state index contributed by atoms with van der Waals surface area (Å²) in [6, 6.07) is 11.8. The van der Waals surface area contributed by atoms with E-state index in [1.165, 1.54) is 6.07 Å². The number of halogens is 2. The maximum Gasteiger partial charge on any atom is 0.338 e. The van der Waals surface area contributed by atoms with Gasteiger partial charge in [0.2, 0.25) is 5.79 Å². The van der Waals surface area contributed by atoms with E-state index in [2.05, 4.69) is 4.98 Å². The first-order chi connectivity index (χ1) is 14.1. The van der Waals surface area contributed by atoms with E-state index >= 15 is 0 Å². The molecule has 0 radical (unpaired) electrons. The van der Waals surface area contributed by atoms with Crippen molar-refractivity contribution in [3.63, 3.8) is 0 Å². The molecule has 8 heteroatoms. The van der Waals surface area contributed by atoms with Crippen molar-refractivity contribution in [3.05, 3.63) is 90.0 Å². The molecule has 0 saturated carbocycles. The van der Waals surface area contributed by atoms with Crippen molar-refractivity contribution in [1.29, 1.82) is 0 Å². The number of benzene rings is 2. The zero-order valence-corrected chi connectivity index (χ0v) is 15.3. The predicted molar refractivity (Wildman–Crippen MR) is 97.8 cm³/mol. The molecule has 1 aliphatic heterocycles. The minimum absolute atomic E-state index is 0.0597. The van der Waals surface area contributed by atoms with Crippen molar-refractivity contribution in [2.24, 2.45) is 0 Å². The van der Waals surface area contributed by atoms with Gasteiger partial charge in [-0.15, -0.1) is 0 Å². The fourth-order valence-corrected chi connectivity index (χ4v) is 3.20. The van der Waals surface area contributed by atoms with Crippen LogP contribution < -0.4 is 0 Å². The second-order valence-corrected chi connectivity index (χ2v) is 6.63. The van der Waals surface area contributed by atoms with E-state index in [1.54, 1.807) is 53.6 Å². The molecule has 2 aromatic carbocycles. The van der Waals surface area contributed by atoms with Gasteiger partial charge in [0.25, 0.3) is 0 Å².